The van der Waals surface area contributed by atoms with Gasteiger partial charge in [-0.1, -0.05) is 41.4 Å². The minimum atomic E-state index is -1.26. The molecule has 3 rings (SSSR count). The Morgan fingerprint density at radius 2 is 1.79 bits per heavy atom. The molecule has 146 valence electrons. The quantitative estimate of drug-likeness (QED) is 0.734. The van der Waals surface area contributed by atoms with Gasteiger partial charge in [-0.15, -0.1) is 0 Å². The van der Waals surface area contributed by atoms with Crippen LogP contribution in [-0.2, 0) is 15.1 Å². The van der Waals surface area contributed by atoms with Gasteiger partial charge in [-0.05, 0) is 55.7 Å². The molecule has 1 saturated heterocycles. The van der Waals surface area contributed by atoms with Gasteiger partial charge in [0.1, 0.15) is 12.1 Å². The smallest absolute Gasteiger partial charge is 0.323 e. The second-order valence-corrected chi connectivity index (χ2v) is 7.78. The summed E-state index contributed by atoms with van der Waals surface area (Å²) in [4.78, 5) is 38.6. The summed E-state index contributed by atoms with van der Waals surface area (Å²) in [5.74, 6) is -1.03. The summed E-state index contributed by atoms with van der Waals surface area (Å²) in [6.45, 7) is 4.89. The van der Waals surface area contributed by atoms with E-state index in [1.165, 1.54) is 0 Å². The van der Waals surface area contributed by atoms with E-state index in [1.807, 2.05) is 19.9 Å². The van der Waals surface area contributed by atoms with Crippen molar-refractivity contribution in [3.05, 3.63) is 63.1 Å². The molecule has 1 aliphatic rings. The molecule has 2 aromatic rings. The Hall–Kier alpha value is -2.57. The molecule has 1 aliphatic heterocycles. The summed E-state index contributed by atoms with van der Waals surface area (Å²) in [7, 11) is 0. The highest BCUT2D eigenvalue weighted by Gasteiger charge is 2.49. The van der Waals surface area contributed by atoms with Crippen LogP contribution in [0.3, 0.4) is 0 Å². The summed E-state index contributed by atoms with van der Waals surface area (Å²) >= 11 is 12.1. The van der Waals surface area contributed by atoms with E-state index in [1.54, 1.807) is 37.3 Å². The number of halogens is 2. The molecule has 28 heavy (non-hydrogen) atoms. The fourth-order valence-electron chi connectivity index (χ4n) is 3.22. The molecule has 2 aromatic carbocycles. The molecule has 6 nitrogen and oxygen atoms in total. The standard InChI is InChI=1S/C20H19Cl2N3O3/c1-11-8-12(2)17(15(22)9-11)23-16(26)10-25-18(27)20(3,24-19(25)28)13-4-6-14(21)7-5-13/h4-9H,10H2,1-3H3,(H,23,26)(H,24,28). The third-order valence-corrected chi connectivity index (χ3v) is 5.24. The highest BCUT2D eigenvalue weighted by molar-refractivity contribution is 6.34. The number of hydrogen-bond donors (Lipinski definition) is 2. The van der Waals surface area contributed by atoms with Crippen molar-refractivity contribution in [3.8, 4) is 0 Å². The lowest BCUT2D eigenvalue weighted by molar-refractivity contribution is -0.133. The zero-order valence-corrected chi connectivity index (χ0v) is 17.1. The van der Waals surface area contributed by atoms with E-state index in [2.05, 4.69) is 10.6 Å². The van der Waals surface area contributed by atoms with Gasteiger partial charge in [-0.3, -0.25) is 14.5 Å². The highest BCUT2D eigenvalue weighted by atomic mass is 35.5. The number of hydrogen-bond acceptors (Lipinski definition) is 3. The highest BCUT2D eigenvalue weighted by Crippen LogP contribution is 2.30. The van der Waals surface area contributed by atoms with Crippen molar-refractivity contribution in [2.24, 2.45) is 0 Å². The second-order valence-electron chi connectivity index (χ2n) is 6.94. The van der Waals surface area contributed by atoms with Crippen molar-refractivity contribution >= 4 is 46.7 Å². The predicted octanol–water partition coefficient (Wildman–Crippen LogP) is 4.02. The minimum Gasteiger partial charge on any atom is -0.323 e. The number of nitrogens with zero attached hydrogens (tertiary/aromatic N) is 1. The maximum atomic E-state index is 12.9. The van der Waals surface area contributed by atoms with E-state index >= 15 is 0 Å². The van der Waals surface area contributed by atoms with Gasteiger partial charge in [-0.2, -0.15) is 0 Å². The Balaban J connectivity index is 1.78. The normalized spacial score (nSPS) is 19.0. The molecule has 1 fully saturated rings. The average Bonchev–Trinajstić information content (AvgIpc) is 2.83. The fourth-order valence-corrected chi connectivity index (χ4v) is 3.71. The third kappa shape index (κ3) is 3.70. The number of benzene rings is 2. The van der Waals surface area contributed by atoms with Crippen molar-refractivity contribution in [2.45, 2.75) is 26.3 Å². The number of aryl methyl sites for hydroxylation is 2. The van der Waals surface area contributed by atoms with Crippen LogP contribution >= 0.6 is 23.2 Å². The molecule has 0 bridgehead atoms. The van der Waals surface area contributed by atoms with Crippen molar-refractivity contribution in [2.75, 3.05) is 11.9 Å². The lowest BCUT2D eigenvalue weighted by atomic mass is 9.92. The Bertz CT molecular complexity index is 952. The van der Waals surface area contributed by atoms with Crippen LogP contribution in [0.5, 0.6) is 0 Å². The molecular formula is C20H19Cl2N3O3. The SMILES string of the molecule is Cc1cc(C)c(NC(=O)CN2C(=O)NC(C)(c3ccc(Cl)cc3)C2=O)c(Cl)c1. The topological polar surface area (TPSA) is 78.5 Å². The molecular weight excluding hydrogens is 401 g/mol. The van der Waals surface area contributed by atoms with E-state index in [0.717, 1.165) is 16.0 Å². The Morgan fingerprint density at radius 3 is 2.39 bits per heavy atom. The van der Waals surface area contributed by atoms with Gasteiger partial charge in [0.2, 0.25) is 5.91 Å². The summed E-state index contributed by atoms with van der Waals surface area (Å²) in [6, 6.07) is 9.59. The first kappa shape index (κ1) is 20.2. The number of urea groups is 1. The largest absolute Gasteiger partial charge is 0.325 e. The molecule has 1 heterocycles. The number of nitrogens with one attached hydrogen (secondary N) is 2. The van der Waals surface area contributed by atoms with Gasteiger partial charge >= 0.3 is 6.03 Å². The van der Waals surface area contributed by atoms with Gasteiger partial charge in [0.15, 0.2) is 0 Å². The van der Waals surface area contributed by atoms with Crippen molar-refractivity contribution in [3.63, 3.8) is 0 Å². The van der Waals surface area contributed by atoms with E-state index < -0.39 is 29.9 Å². The summed E-state index contributed by atoms with van der Waals surface area (Å²) in [5.41, 5.74) is 1.54. The molecule has 0 radical (unpaired) electrons. The lowest BCUT2D eigenvalue weighted by Crippen LogP contribution is -2.42. The molecule has 0 saturated carbocycles. The minimum absolute atomic E-state index is 0.397. The Kier molecular flexibility index (Phi) is 5.37. The van der Waals surface area contributed by atoms with Crippen LogP contribution in [0.1, 0.15) is 23.6 Å². The Labute approximate surface area is 172 Å². The number of carbonyl (C=O) groups is 3. The van der Waals surface area contributed by atoms with E-state index in [0.29, 0.717) is 21.3 Å². The number of anilines is 1. The van der Waals surface area contributed by atoms with Gasteiger partial charge in [0.05, 0.1) is 10.7 Å². The van der Waals surface area contributed by atoms with Crippen molar-refractivity contribution in [1.82, 2.24) is 10.2 Å². The second kappa shape index (κ2) is 7.45. The van der Waals surface area contributed by atoms with Crippen LogP contribution in [0, 0.1) is 13.8 Å². The maximum Gasteiger partial charge on any atom is 0.325 e. The van der Waals surface area contributed by atoms with Crippen LogP contribution < -0.4 is 10.6 Å². The van der Waals surface area contributed by atoms with Gasteiger partial charge in [-0.25, -0.2) is 4.79 Å². The molecule has 0 aliphatic carbocycles. The lowest BCUT2D eigenvalue weighted by Gasteiger charge is -2.22. The molecule has 4 amide bonds. The van der Waals surface area contributed by atoms with Gasteiger partial charge in [0.25, 0.3) is 5.91 Å². The van der Waals surface area contributed by atoms with Crippen molar-refractivity contribution < 1.29 is 14.4 Å². The third-order valence-electron chi connectivity index (χ3n) is 4.69. The monoisotopic (exact) mass is 419 g/mol. The van der Waals surface area contributed by atoms with Gasteiger partial charge in [0, 0.05) is 5.02 Å². The molecule has 1 atom stereocenters. The average molecular weight is 420 g/mol. The number of rotatable bonds is 4. The number of imide groups is 1. The first-order valence-electron chi connectivity index (χ1n) is 8.58. The van der Waals surface area contributed by atoms with E-state index in [-0.39, 0.29) is 0 Å². The fraction of sp³-hybridized carbons (Fsp3) is 0.250. The van der Waals surface area contributed by atoms with E-state index in [9.17, 15) is 14.4 Å². The number of carbonyl (C=O) groups excluding carboxylic acids is 3. The predicted molar refractivity (Wildman–Crippen MR) is 109 cm³/mol. The zero-order chi connectivity index (χ0) is 20.6. The maximum absolute atomic E-state index is 12.9. The van der Waals surface area contributed by atoms with Gasteiger partial charge < -0.3 is 10.6 Å². The summed E-state index contributed by atoms with van der Waals surface area (Å²) in [6.07, 6.45) is 0. The van der Waals surface area contributed by atoms with Crippen LogP contribution in [0.15, 0.2) is 36.4 Å². The first-order chi connectivity index (χ1) is 13.1. The van der Waals surface area contributed by atoms with Crippen LogP contribution in [0.2, 0.25) is 10.0 Å². The van der Waals surface area contributed by atoms with Crippen LogP contribution in [0.4, 0.5) is 10.5 Å². The zero-order valence-electron chi connectivity index (χ0n) is 15.6. The molecule has 1 unspecified atom stereocenters. The number of amides is 4. The van der Waals surface area contributed by atoms with Crippen LogP contribution in [-0.4, -0.2) is 29.3 Å². The summed E-state index contributed by atoms with van der Waals surface area (Å²) < 4.78 is 0. The molecule has 0 aromatic heterocycles. The van der Waals surface area contributed by atoms with Crippen molar-refractivity contribution in [1.29, 1.82) is 0 Å². The molecule has 8 heteroatoms. The first-order valence-corrected chi connectivity index (χ1v) is 9.34. The van der Waals surface area contributed by atoms with E-state index in [4.69, 9.17) is 23.2 Å². The summed E-state index contributed by atoms with van der Waals surface area (Å²) in [5, 5.41) is 6.26. The van der Waals surface area contributed by atoms with Crippen LogP contribution in [0.25, 0.3) is 0 Å². The molecule has 0 spiro atoms. The Morgan fingerprint density at radius 1 is 1.14 bits per heavy atom. The molecule has 2 N–H and O–H groups in total.